The molecule has 0 radical (unpaired) electrons. The lowest BCUT2D eigenvalue weighted by atomic mass is 9.95. The molecule has 3 rings (SSSR count). The van der Waals surface area contributed by atoms with Gasteiger partial charge in [-0.25, -0.2) is 9.78 Å². The molecule has 0 fully saturated rings. The van der Waals surface area contributed by atoms with Crippen molar-refractivity contribution in [2.75, 3.05) is 18.9 Å². The molecule has 0 spiro atoms. The van der Waals surface area contributed by atoms with Gasteiger partial charge in [-0.05, 0) is 18.4 Å². The Hall–Kier alpha value is -2.59. The number of ether oxygens (including phenoxy) is 1. The monoisotopic (exact) mass is 328 g/mol. The lowest BCUT2D eigenvalue weighted by Gasteiger charge is -2.29. The third-order valence-corrected chi connectivity index (χ3v) is 4.67. The standard InChI is InChI=1S/C16H16N4O2S/c1-2-22-16(21)20-6-5-12-11(9-20)14(13-4-3-7-23-13)10(8-17)15(18)19-12/h3-4,7H,2,5-6,9H2,1H3,(H2,18,19). The molecule has 2 N–H and O–H groups in total. The maximum atomic E-state index is 12.0. The van der Waals surface area contributed by atoms with Crippen molar-refractivity contribution in [3.05, 3.63) is 34.3 Å². The van der Waals surface area contributed by atoms with E-state index in [1.165, 1.54) is 11.3 Å². The van der Waals surface area contributed by atoms with Gasteiger partial charge in [0.1, 0.15) is 17.5 Å². The van der Waals surface area contributed by atoms with E-state index in [9.17, 15) is 10.1 Å². The highest BCUT2D eigenvalue weighted by atomic mass is 32.1. The van der Waals surface area contributed by atoms with Crippen molar-refractivity contribution in [3.63, 3.8) is 0 Å². The second-order valence-electron chi connectivity index (χ2n) is 5.13. The fraction of sp³-hybridized carbons (Fsp3) is 0.312. The van der Waals surface area contributed by atoms with Gasteiger partial charge in [-0.1, -0.05) is 6.07 Å². The predicted octanol–water partition coefficient (Wildman–Crippen LogP) is 2.78. The highest BCUT2D eigenvalue weighted by molar-refractivity contribution is 7.13. The molecule has 2 aromatic heterocycles. The number of amides is 1. The quantitative estimate of drug-likeness (QED) is 0.915. The Labute approximate surface area is 138 Å². The van der Waals surface area contributed by atoms with E-state index in [4.69, 9.17) is 10.5 Å². The number of nitrogens with two attached hydrogens (primary N) is 1. The number of fused-ring (bicyclic) bond motifs is 1. The molecule has 0 atom stereocenters. The van der Waals surface area contributed by atoms with Gasteiger partial charge in [0.25, 0.3) is 0 Å². The Morgan fingerprint density at radius 3 is 3.09 bits per heavy atom. The normalized spacial score (nSPS) is 13.3. The van der Waals surface area contributed by atoms with Gasteiger partial charge in [0, 0.05) is 29.0 Å². The average molecular weight is 328 g/mol. The smallest absolute Gasteiger partial charge is 0.410 e. The summed E-state index contributed by atoms with van der Waals surface area (Å²) >= 11 is 1.54. The third kappa shape index (κ3) is 2.73. The maximum Gasteiger partial charge on any atom is 0.410 e. The van der Waals surface area contributed by atoms with Gasteiger partial charge < -0.3 is 15.4 Å². The number of hydrogen-bond acceptors (Lipinski definition) is 6. The van der Waals surface area contributed by atoms with Crippen LogP contribution < -0.4 is 5.73 Å². The first-order valence-corrected chi connectivity index (χ1v) is 8.20. The minimum atomic E-state index is -0.342. The molecule has 0 unspecified atom stereocenters. The van der Waals surface area contributed by atoms with Crippen LogP contribution in [0.5, 0.6) is 0 Å². The SMILES string of the molecule is CCOC(=O)N1CCc2nc(N)c(C#N)c(-c3cccs3)c2C1. The van der Waals surface area contributed by atoms with Gasteiger partial charge in [-0.2, -0.15) is 5.26 Å². The van der Waals surface area contributed by atoms with E-state index in [1.54, 1.807) is 11.8 Å². The first kappa shape index (κ1) is 15.3. The number of rotatable bonds is 2. The Kier molecular flexibility index (Phi) is 4.17. The molecule has 1 amide bonds. The molecule has 2 aromatic rings. The van der Waals surface area contributed by atoms with Gasteiger partial charge in [-0.3, -0.25) is 0 Å². The number of nitriles is 1. The molecule has 1 aliphatic rings. The Balaban J connectivity index is 2.11. The highest BCUT2D eigenvalue weighted by Gasteiger charge is 2.28. The summed E-state index contributed by atoms with van der Waals surface area (Å²) in [7, 11) is 0. The number of nitrogen functional groups attached to an aromatic ring is 1. The van der Waals surface area contributed by atoms with Crippen molar-refractivity contribution in [1.82, 2.24) is 9.88 Å². The summed E-state index contributed by atoms with van der Waals surface area (Å²) in [5.74, 6) is 0.249. The molecular formula is C16H16N4O2S. The highest BCUT2D eigenvalue weighted by Crippen LogP contribution is 2.37. The van der Waals surface area contributed by atoms with Crippen LogP contribution >= 0.6 is 11.3 Å². The number of carbonyl (C=O) groups excluding carboxylic acids is 1. The van der Waals surface area contributed by atoms with Crippen molar-refractivity contribution in [2.45, 2.75) is 19.9 Å². The Bertz CT molecular complexity index is 780. The molecule has 118 valence electrons. The molecule has 1 aliphatic heterocycles. The largest absolute Gasteiger partial charge is 0.450 e. The van der Waals surface area contributed by atoms with Crippen LogP contribution in [0.1, 0.15) is 23.7 Å². The lowest BCUT2D eigenvalue weighted by molar-refractivity contribution is 0.102. The van der Waals surface area contributed by atoms with Crippen LogP contribution in [-0.2, 0) is 17.7 Å². The van der Waals surface area contributed by atoms with Crippen molar-refractivity contribution >= 4 is 23.2 Å². The molecular weight excluding hydrogens is 312 g/mol. The van der Waals surface area contributed by atoms with E-state index in [2.05, 4.69) is 11.1 Å². The van der Waals surface area contributed by atoms with Gasteiger partial charge >= 0.3 is 6.09 Å². The summed E-state index contributed by atoms with van der Waals surface area (Å²) in [6, 6.07) is 6.03. The maximum absolute atomic E-state index is 12.0. The summed E-state index contributed by atoms with van der Waals surface area (Å²) < 4.78 is 5.09. The van der Waals surface area contributed by atoms with Crippen LogP contribution in [0.3, 0.4) is 0 Å². The Morgan fingerprint density at radius 2 is 2.43 bits per heavy atom. The van der Waals surface area contributed by atoms with E-state index in [0.29, 0.717) is 31.7 Å². The van der Waals surface area contributed by atoms with E-state index in [-0.39, 0.29) is 11.9 Å². The van der Waals surface area contributed by atoms with E-state index < -0.39 is 0 Å². The minimum Gasteiger partial charge on any atom is -0.450 e. The minimum absolute atomic E-state index is 0.249. The fourth-order valence-electron chi connectivity index (χ4n) is 2.76. The van der Waals surface area contributed by atoms with Crippen LogP contribution in [0.15, 0.2) is 17.5 Å². The topological polar surface area (TPSA) is 92.2 Å². The van der Waals surface area contributed by atoms with Gasteiger partial charge in [0.05, 0.1) is 18.8 Å². The van der Waals surface area contributed by atoms with Crippen LogP contribution in [0, 0.1) is 11.3 Å². The van der Waals surface area contributed by atoms with E-state index in [0.717, 1.165) is 21.7 Å². The van der Waals surface area contributed by atoms with Gasteiger partial charge in [0.2, 0.25) is 0 Å². The van der Waals surface area contributed by atoms with E-state index in [1.807, 2.05) is 17.5 Å². The summed E-state index contributed by atoms with van der Waals surface area (Å²) in [5, 5.41) is 11.4. The van der Waals surface area contributed by atoms with Crippen LogP contribution in [-0.4, -0.2) is 29.1 Å². The number of thiophene rings is 1. The number of anilines is 1. The van der Waals surface area contributed by atoms with Gasteiger partial charge in [0.15, 0.2) is 0 Å². The Morgan fingerprint density at radius 1 is 1.61 bits per heavy atom. The fourth-order valence-corrected chi connectivity index (χ4v) is 3.56. The zero-order valence-electron chi connectivity index (χ0n) is 12.7. The molecule has 0 aromatic carbocycles. The van der Waals surface area contributed by atoms with Crippen molar-refractivity contribution < 1.29 is 9.53 Å². The number of nitrogens with zero attached hydrogens (tertiary/aromatic N) is 3. The van der Waals surface area contributed by atoms with Crippen molar-refractivity contribution in [3.8, 4) is 16.5 Å². The summed E-state index contributed by atoms with van der Waals surface area (Å²) in [4.78, 5) is 19.0. The van der Waals surface area contributed by atoms with E-state index >= 15 is 0 Å². The summed E-state index contributed by atoms with van der Waals surface area (Å²) in [5.41, 5.74) is 8.87. The van der Waals surface area contributed by atoms with Crippen LogP contribution in [0.4, 0.5) is 10.6 Å². The molecule has 0 saturated carbocycles. The zero-order valence-corrected chi connectivity index (χ0v) is 13.5. The molecule has 0 aliphatic carbocycles. The average Bonchev–Trinajstić information content (AvgIpc) is 3.07. The first-order chi connectivity index (χ1) is 11.2. The second kappa shape index (κ2) is 6.26. The predicted molar refractivity (Wildman–Crippen MR) is 87.8 cm³/mol. The molecule has 0 saturated heterocycles. The third-order valence-electron chi connectivity index (χ3n) is 3.78. The molecule has 23 heavy (non-hydrogen) atoms. The van der Waals surface area contributed by atoms with Crippen LogP contribution in [0.25, 0.3) is 10.4 Å². The second-order valence-corrected chi connectivity index (χ2v) is 6.08. The van der Waals surface area contributed by atoms with Crippen molar-refractivity contribution in [2.24, 2.45) is 0 Å². The number of pyridine rings is 1. The number of carbonyl (C=O) groups is 1. The number of aromatic nitrogens is 1. The molecule has 3 heterocycles. The van der Waals surface area contributed by atoms with Crippen molar-refractivity contribution in [1.29, 1.82) is 5.26 Å². The first-order valence-electron chi connectivity index (χ1n) is 7.32. The molecule has 0 bridgehead atoms. The van der Waals surface area contributed by atoms with Crippen LogP contribution in [0.2, 0.25) is 0 Å². The molecule has 6 nitrogen and oxygen atoms in total. The zero-order chi connectivity index (χ0) is 16.4. The summed E-state index contributed by atoms with van der Waals surface area (Å²) in [6.07, 6.45) is 0.258. The summed E-state index contributed by atoms with van der Waals surface area (Å²) in [6.45, 7) is 3.03. The van der Waals surface area contributed by atoms with Gasteiger partial charge in [-0.15, -0.1) is 11.3 Å². The number of hydrogen-bond donors (Lipinski definition) is 1. The lowest BCUT2D eigenvalue weighted by Crippen LogP contribution is -2.37. The molecule has 7 heteroatoms.